The normalized spacial score (nSPS) is 11.1. The monoisotopic (exact) mass is 320 g/mol. The van der Waals surface area contributed by atoms with Gasteiger partial charge in [0.05, 0.1) is 10.2 Å². The van der Waals surface area contributed by atoms with Gasteiger partial charge in [-0.05, 0) is 25.1 Å². The fourth-order valence-electron chi connectivity index (χ4n) is 1.91. The maximum atomic E-state index is 12.7. The number of para-hydroxylation sites is 1. The molecular weight excluding hydrogens is 310 g/mol. The molecular formula is C14H10F2N4OS. The average molecular weight is 320 g/mol. The summed E-state index contributed by atoms with van der Waals surface area (Å²) in [4.78, 5) is 23.9. The summed E-state index contributed by atoms with van der Waals surface area (Å²) in [5.41, 5.74) is 0.180. The predicted octanol–water partition coefficient (Wildman–Crippen LogP) is 3.58. The van der Waals surface area contributed by atoms with Crippen LogP contribution >= 0.6 is 11.3 Å². The Morgan fingerprint density at radius 3 is 2.73 bits per heavy atom. The molecule has 22 heavy (non-hydrogen) atoms. The Morgan fingerprint density at radius 1 is 1.23 bits per heavy atom. The van der Waals surface area contributed by atoms with Gasteiger partial charge in [0.25, 0.3) is 12.3 Å². The van der Waals surface area contributed by atoms with Crippen LogP contribution in [0.4, 0.5) is 13.9 Å². The molecule has 0 saturated carbocycles. The number of alkyl halides is 2. The summed E-state index contributed by atoms with van der Waals surface area (Å²) >= 11 is 1.30. The van der Waals surface area contributed by atoms with Crippen LogP contribution in [-0.4, -0.2) is 20.9 Å². The molecule has 3 aromatic rings. The van der Waals surface area contributed by atoms with Gasteiger partial charge in [0.15, 0.2) is 5.13 Å². The molecule has 0 aliphatic carbocycles. The highest BCUT2D eigenvalue weighted by Crippen LogP contribution is 2.26. The number of hydrogen-bond acceptors (Lipinski definition) is 5. The fourth-order valence-corrected chi connectivity index (χ4v) is 2.77. The van der Waals surface area contributed by atoms with Crippen molar-refractivity contribution in [3.8, 4) is 0 Å². The number of anilines is 1. The van der Waals surface area contributed by atoms with Crippen molar-refractivity contribution in [1.82, 2.24) is 15.0 Å². The van der Waals surface area contributed by atoms with Crippen LogP contribution in [-0.2, 0) is 0 Å². The van der Waals surface area contributed by atoms with Crippen molar-refractivity contribution in [3.05, 3.63) is 47.5 Å². The molecule has 1 N–H and O–H groups in total. The third kappa shape index (κ3) is 2.91. The van der Waals surface area contributed by atoms with Gasteiger partial charge in [-0.1, -0.05) is 23.5 Å². The number of halogens is 2. The lowest BCUT2D eigenvalue weighted by atomic mass is 10.3. The number of amides is 1. The maximum absolute atomic E-state index is 12.7. The van der Waals surface area contributed by atoms with Crippen LogP contribution in [0.3, 0.4) is 0 Å². The number of fused-ring (bicyclic) bond motifs is 1. The number of aromatic nitrogens is 3. The van der Waals surface area contributed by atoms with E-state index in [1.807, 2.05) is 24.3 Å². The van der Waals surface area contributed by atoms with Crippen LogP contribution < -0.4 is 5.32 Å². The van der Waals surface area contributed by atoms with Gasteiger partial charge < -0.3 is 0 Å². The highest BCUT2D eigenvalue weighted by atomic mass is 32.1. The first-order chi connectivity index (χ1) is 10.5. The molecule has 0 bridgehead atoms. The van der Waals surface area contributed by atoms with Gasteiger partial charge in [-0.25, -0.2) is 23.7 Å². The largest absolute Gasteiger partial charge is 0.296 e. The lowest BCUT2D eigenvalue weighted by molar-refractivity contribution is 0.102. The molecule has 5 nitrogen and oxygen atoms in total. The van der Waals surface area contributed by atoms with E-state index in [-0.39, 0.29) is 11.5 Å². The van der Waals surface area contributed by atoms with E-state index in [2.05, 4.69) is 20.3 Å². The number of thiazole rings is 1. The van der Waals surface area contributed by atoms with Gasteiger partial charge >= 0.3 is 0 Å². The lowest BCUT2D eigenvalue weighted by Gasteiger charge is -2.05. The molecule has 0 aliphatic heterocycles. The van der Waals surface area contributed by atoms with Crippen LogP contribution in [0.15, 0.2) is 30.3 Å². The van der Waals surface area contributed by atoms with Crippen LogP contribution in [0.5, 0.6) is 0 Å². The molecule has 0 aliphatic rings. The number of hydrogen-bond donors (Lipinski definition) is 1. The molecule has 0 fully saturated rings. The number of benzene rings is 1. The number of nitrogens with one attached hydrogen (secondary N) is 1. The number of aryl methyl sites for hydroxylation is 1. The van der Waals surface area contributed by atoms with E-state index in [9.17, 15) is 13.6 Å². The van der Waals surface area contributed by atoms with Crippen LogP contribution in [0.2, 0.25) is 0 Å². The van der Waals surface area contributed by atoms with Gasteiger partial charge in [-0.3, -0.25) is 10.1 Å². The summed E-state index contributed by atoms with van der Waals surface area (Å²) in [6.45, 7) is 1.46. The van der Waals surface area contributed by atoms with Crippen LogP contribution in [0.25, 0.3) is 10.2 Å². The number of carbonyl (C=O) groups is 1. The minimum atomic E-state index is -2.75. The molecule has 2 heterocycles. The third-order valence-electron chi connectivity index (χ3n) is 2.83. The van der Waals surface area contributed by atoms with Crippen molar-refractivity contribution in [1.29, 1.82) is 0 Å². The van der Waals surface area contributed by atoms with Gasteiger partial charge in [-0.2, -0.15) is 0 Å². The van der Waals surface area contributed by atoms with E-state index in [4.69, 9.17) is 0 Å². The van der Waals surface area contributed by atoms with Gasteiger partial charge in [0.2, 0.25) is 0 Å². The summed E-state index contributed by atoms with van der Waals surface area (Å²) in [6, 6.07) is 8.41. The van der Waals surface area contributed by atoms with E-state index in [0.717, 1.165) is 16.3 Å². The standard InChI is InChI=1S/C14H10F2N4OS/c1-7-17-9(12(15)16)6-10(18-7)13(21)20-14-19-8-4-2-3-5-11(8)22-14/h2-6,12H,1H3,(H,19,20,21). The number of carbonyl (C=O) groups excluding carboxylic acids is 1. The van der Waals surface area contributed by atoms with Crippen molar-refractivity contribution < 1.29 is 13.6 Å². The fraction of sp³-hybridized carbons (Fsp3) is 0.143. The van der Waals surface area contributed by atoms with Crippen LogP contribution in [0, 0.1) is 6.92 Å². The summed E-state index contributed by atoms with van der Waals surface area (Å²) in [5.74, 6) is -0.473. The van der Waals surface area contributed by atoms with Crippen LogP contribution in [0.1, 0.15) is 28.4 Å². The molecule has 1 aromatic carbocycles. The number of rotatable bonds is 3. The average Bonchev–Trinajstić information content (AvgIpc) is 2.88. The summed E-state index contributed by atoms with van der Waals surface area (Å²) < 4.78 is 26.4. The van der Waals surface area contributed by atoms with Gasteiger partial charge in [-0.15, -0.1) is 0 Å². The molecule has 8 heteroatoms. The molecule has 0 radical (unpaired) electrons. The van der Waals surface area contributed by atoms with Crippen molar-refractivity contribution in [3.63, 3.8) is 0 Å². The predicted molar refractivity (Wildman–Crippen MR) is 79.3 cm³/mol. The van der Waals surface area contributed by atoms with Crippen molar-refractivity contribution >= 4 is 32.6 Å². The molecule has 1 amide bonds. The number of nitrogens with zero attached hydrogens (tertiary/aromatic N) is 3. The second-order valence-corrected chi connectivity index (χ2v) is 5.50. The first kappa shape index (κ1) is 14.5. The summed E-state index contributed by atoms with van der Waals surface area (Å²) in [7, 11) is 0. The highest BCUT2D eigenvalue weighted by molar-refractivity contribution is 7.22. The van der Waals surface area contributed by atoms with Crippen molar-refractivity contribution in [2.24, 2.45) is 0 Å². The molecule has 0 spiro atoms. The second-order valence-electron chi connectivity index (χ2n) is 4.47. The van der Waals surface area contributed by atoms with E-state index >= 15 is 0 Å². The zero-order valence-electron chi connectivity index (χ0n) is 11.4. The van der Waals surface area contributed by atoms with E-state index in [1.165, 1.54) is 18.3 Å². The Morgan fingerprint density at radius 2 is 2.00 bits per heavy atom. The summed E-state index contributed by atoms with van der Waals surface area (Å²) in [5, 5.41) is 2.96. The molecule has 0 saturated heterocycles. The van der Waals surface area contributed by atoms with E-state index < -0.39 is 18.0 Å². The SMILES string of the molecule is Cc1nc(C(=O)Nc2nc3ccccc3s2)cc(C(F)F)n1. The lowest BCUT2D eigenvalue weighted by Crippen LogP contribution is -2.15. The molecule has 2 aromatic heterocycles. The third-order valence-corrected chi connectivity index (χ3v) is 3.78. The Labute approximate surface area is 128 Å². The minimum absolute atomic E-state index is 0.109. The molecule has 0 atom stereocenters. The smallest absolute Gasteiger partial charge is 0.280 e. The van der Waals surface area contributed by atoms with Crippen molar-refractivity contribution in [2.45, 2.75) is 13.3 Å². The first-order valence-corrected chi connectivity index (χ1v) is 7.15. The van der Waals surface area contributed by atoms with E-state index in [0.29, 0.717) is 5.13 Å². The zero-order valence-corrected chi connectivity index (χ0v) is 12.2. The molecule has 0 unspecified atom stereocenters. The first-order valence-electron chi connectivity index (χ1n) is 6.33. The zero-order chi connectivity index (χ0) is 15.7. The minimum Gasteiger partial charge on any atom is -0.296 e. The Bertz CT molecular complexity index is 817. The molecule has 112 valence electrons. The van der Waals surface area contributed by atoms with E-state index in [1.54, 1.807) is 0 Å². The van der Waals surface area contributed by atoms with Gasteiger partial charge in [0, 0.05) is 0 Å². The summed E-state index contributed by atoms with van der Waals surface area (Å²) in [6.07, 6.45) is -2.75. The highest BCUT2D eigenvalue weighted by Gasteiger charge is 2.17. The Balaban J connectivity index is 1.87. The Kier molecular flexibility index (Phi) is 3.76. The van der Waals surface area contributed by atoms with Gasteiger partial charge in [0.1, 0.15) is 17.2 Å². The Hall–Kier alpha value is -2.48. The van der Waals surface area contributed by atoms with Crippen molar-refractivity contribution in [2.75, 3.05) is 5.32 Å². The quantitative estimate of drug-likeness (QED) is 0.801. The maximum Gasteiger partial charge on any atom is 0.280 e. The molecule has 3 rings (SSSR count). The second kappa shape index (κ2) is 5.72. The topological polar surface area (TPSA) is 67.8 Å².